The quantitative estimate of drug-likeness (QED) is 0.838. The van der Waals surface area contributed by atoms with Gasteiger partial charge >= 0.3 is 6.03 Å². The first-order valence-corrected chi connectivity index (χ1v) is 9.90. The molecule has 2 fully saturated rings. The summed E-state index contributed by atoms with van der Waals surface area (Å²) in [6.45, 7) is 5.31. The number of imide groups is 1. The Hall–Kier alpha value is -2.40. The number of nitrogens with one attached hydrogen (secondary N) is 1. The maximum Gasteiger partial charge on any atom is 0.326 e. The van der Waals surface area contributed by atoms with Crippen molar-refractivity contribution in [2.45, 2.75) is 51.1 Å². The van der Waals surface area contributed by atoms with Crippen LogP contribution in [0.3, 0.4) is 0 Å². The molecule has 5 nitrogen and oxygen atoms in total. The number of benzene rings is 2. The Morgan fingerprint density at radius 2 is 1.89 bits per heavy atom. The van der Waals surface area contributed by atoms with Gasteiger partial charge in [0.05, 0.1) is 6.67 Å². The van der Waals surface area contributed by atoms with Crippen molar-refractivity contribution in [1.29, 1.82) is 0 Å². The molecule has 0 aromatic heterocycles. The minimum atomic E-state index is -1.02. The summed E-state index contributed by atoms with van der Waals surface area (Å²) in [5.74, 6) is -0.164. The molecule has 5 heteroatoms. The predicted molar refractivity (Wildman–Crippen MR) is 106 cm³/mol. The van der Waals surface area contributed by atoms with E-state index in [2.05, 4.69) is 17.1 Å². The number of carbonyl (C=O) groups is 2. The molecule has 0 saturated carbocycles. The van der Waals surface area contributed by atoms with Gasteiger partial charge in [-0.15, -0.1) is 0 Å². The van der Waals surface area contributed by atoms with Crippen molar-refractivity contribution in [2.75, 3.05) is 13.2 Å². The van der Waals surface area contributed by atoms with Crippen molar-refractivity contribution >= 4 is 22.7 Å². The van der Waals surface area contributed by atoms with Crippen LogP contribution in [0.5, 0.6) is 0 Å². The molecule has 2 saturated heterocycles. The Labute approximate surface area is 160 Å². The standard InChI is InChI=1S/C22H27N3O2/c1-3-19-10-6-7-13-24(19)15-25-20(26)22(2,23-21(25)27)18-12-11-16-8-4-5-9-17(16)14-18/h4-5,8-9,11-12,14,19H,3,6-7,10,13,15H2,1-2H3,(H,23,27)/t19-,22-/m1/s1. The summed E-state index contributed by atoms with van der Waals surface area (Å²) in [6, 6.07) is 14.2. The van der Waals surface area contributed by atoms with Gasteiger partial charge in [-0.3, -0.25) is 9.69 Å². The molecule has 1 N–H and O–H groups in total. The van der Waals surface area contributed by atoms with Gasteiger partial charge in [0.25, 0.3) is 5.91 Å². The third-order valence-corrected chi connectivity index (χ3v) is 6.15. The van der Waals surface area contributed by atoms with E-state index < -0.39 is 5.54 Å². The van der Waals surface area contributed by atoms with Gasteiger partial charge < -0.3 is 5.32 Å². The van der Waals surface area contributed by atoms with Gasteiger partial charge in [-0.2, -0.15) is 0 Å². The van der Waals surface area contributed by atoms with Crippen molar-refractivity contribution in [3.05, 3.63) is 48.0 Å². The number of hydrogen-bond acceptors (Lipinski definition) is 3. The maximum atomic E-state index is 13.3. The fourth-order valence-electron chi connectivity index (χ4n) is 4.41. The third kappa shape index (κ3) is 3.10. The van der Waals surface area contributed by atoms with Gasteiger partial charge in [0, 0.05) is 12.6 Å². The highest BCUT2D eigenvalue weighted by Crippen LogP contribution is 2.32. The summed E-state index contributed by atoms with van der Waals surface area (Å²) >= 11 is 0. The maximum absolute atomic E-state index is 13.3. The number of carbonyl (C=O) groups excluding carboxylic acids is 2. The SMILES string of the molecule is CC[C@@H]1CCCCN1CN1C(=O)N[C@](C)(c2ccc3ccccc3c2)C1=O. The van der Waals surface area contributed by atoms with E-state index in [-0.39, 0.29) is 11.9 Å². The topological polar surface area (TPSA) is 52.6 Å². The minimum Gasteiger partial charge on any atom is -0.319 e. The first-order valence-electron chi connectivity index (χ1n) is 9.90. The lowest BCUT2D eigenvalue weighted by atomic mass is 9.90. The number of nitrogens with zero attached hydrogens (tertiary/aromatic N) is 2. The molecule has 0 bridgehead atoms. The van der Waals surface area contributed by atoms with Gasteiger partial charge in [-0.1, -0.05) is 49.7 Å². The Morgan fingerprint density at radius 1 is 1.11 bits per heavy atom. The molecule has 2 aliphatic rings. The Balaban J connectivity index is 1.60. The number of rotatable bonds is 4. The first-order chi connectivity index (χ1) is 13.0. The molecule has 2 atom stereocenters. The zero-order valence-electron chi connectivity index (χ0n) is 16.1. The largest absolute Gasteiger partial charge is 0.326 e. The fraction of sp³-hybridized carbons (Fsp3) is 0.455. The van der Waals surface area contributed by atoms with Crippen molar-refractivity contribution in [1.82, 2.24) is 15.1 Å². The van der Waals surface area contributed by atoms with Gasteiger partial charge in [0.1, 0.15) is 5.54 Å². The van der Waals surface area contributed by atoms with E-state index in [1.807, 2.05) is 49.4 Å². The Morgan fingerprint density at radius 3 is 2.67 bits per heavy atom. The molecule has 0 spiro atoms. The number of hydrogen-bond donors (Lipinski definition) is 1. The van der Waals surface area contributed by atoms with Crippen molar-refractivity contribution in [2.24, 2.45) is 0 Å². The van der Waals surface area contributed by atoms with E-state index in [0.29, 0.717) is 12.7 Å². The summed E-state index contributed by atoms with van der Waals surface area (Å²) in [4.78, 5) is 29.6. The highest BCUT2D eigenvalue weighted by molar-refractivity contribution is 6.07. The van der Waals surface area contributed by atoms with Crippen LogP contribution in [-0.4, -0.2) is 41.0 Å². The van der Waals surface area contributed by atoms with Gasteiger partial charge in [0.15, 0.2) is 0 Å². The number of likely N-dealkylation sites (tertiary alicyclic amines) is 1. The first kappa shape index (κ1) is 18.0. The molecule has 2 aromatic rings. The molecule has 0 aliphatic carbocycles. The molecule has 2 aliphatic heterocycles. The van der Waals surface area contributed by atoms with E-state index in [1.54, 1.807) is 0 Å². The third-order valence-electron chi connectivity index (χ3n) is 6.15. The Kier molecular flexibility index (Phi) is 4.64. The van der Waals surface area contributed by atoms with Gasteiger partial charge in [-0.25, -0.2) is 9.69 Å². The van der Waals surface area contributed by atoms with Crippen LogP contribution in [0, 0.1) is 0 Å². The average Bonchev–Trinajstić information content (AvgIpc) is 2.92. The van der Waals surface area contributed by atoms with Crippen LogP contribution in [-0.2, 0) is 10.3 Å². The number of amides is 3. The fourth-order valence-corrected chi connectivity index (χ4v) is 4.41. The van der Waals surface area contributed by atoms with Crippen LogP contribution >= 0.6 is 0 Å². The van der Waals surface area contributed by atoms with E-state index in [1.165, 1.54) is 11.3 Å². The second-order valence-corrected chi connectivity index (χ2v) is 7.86. The summed E-state index contributed by atoms with van der Waals surface area (Å²) in [5.41, 5.74) is -0.189. The lowest BCUT2D eigenvalue weighted by Crippen LogP contribution is -2.48. The monoisotopic (exact) mass is 365 g/mol. The van der Waals surface area contributed by atoms with Crippen LogP contribution in [0.2, 0.25) is 0 Å². The highest BCUT2D eigenvalue weighted by atomic mass is 16.2. The predicted octanol–water partition coefficient (Wildman–Crippen LogP) is 3.83. The van der Waals surface area contributed by atoms with E-state index in [0.717, 1.165) is 42.1 Å². The molecular formula is C22H27N3O2. The minimum absolute atomic E-state index is 0.164. The van der Waals surface area contributed by atoms with Crippen LogP contribution in [0.15, 0.2) is 42.5 Å². The average molecular weight is 365 g/mol. The lowest BCUT2D eigenvalue weighted by molar-refractivity contribution is -0.133. The summed E-state index contributed by atoms with van der Waals surface area (Å²) < 4.78 is 0. The number of piperidine rings is 1. The lowest BCUT2D eigenvalue weighted by Gasteiger charge is -2.37. The number of urea groups is 1. The van der Waals surface area contributed by atoms with E-state index in [4.69, 9.17) is 0 Å². The molecule has 4 rings (SSSR count). The van der Waals surface area contributed by atoms with Crippen LogP contribution in [0.4, 0.5) is 4.79 Å². The normalized spacial score (nSPS) is 26.6. The van der Waals surface area contributed by atoms with Crippen LogP contribution in [0.25, 0.3) is 10.8 Å². The Bertz CT molecular complexity index is 881. The van der Waals surface area contributed by atoms with Gasteiger partial charge in [-0.05, 0) is 48.6 Å². The van der Waals surface area contributed by atoms with Crippen molar-refractivity contribution in [3.63, 3.8) is 0 Å². The zero-order valence-corrected chi connectivity index (χ0v) is 16.1. The molecule has 0 radical (unpaired) electrons. The smallest absolute Gasteiger partial charge is 0.319 e. The van der Waals surface area contributed by atoms with Crippen LogP contribution in [0.1, 0.15) is 45.1 Å². The second kappa shape index (κ2) is 6.97. The molecule has 27 heavy (non-hydrogen) atoms. The van der Waals surface area contributed by atoms with Crippen molar-refractivity contribution in [3.8, 4) is 0 Å². The van der Waals surface area contributed by atoms with E-state index in [9.17, 15) is 9.59 Å². The highest BCUT2D eigenvalue weighted by Gasteiger charge is 2.49. The zero-order chi connectivity index (χ0) is 19.0. The summed E-state index contributed by atoms with van der Waals surface area (Å²) in [7, 11) is 0. The van der Waals surface area contributed by atoms with Crippen molar-refractivity contribution < 1.29 is 9.59 Å². The molecule has 2 aromatic carbocycles. The summed E-state index contributed by atoms with van der Waals surface area (Å²) in [5, 5.41) is 5.14. The molecule has 0 unspecified atom stereocenters. The molecular weight excluding hydrogens is 338 g/mol. The van der Waals surface area contributed by atoms with Gasteiger partial charge in [0.2, 0.25) is 0 Å². The molecule has 3 amide bonds. The van der Waals surface area contributed by atoms with Crippen LogP contribution < -0.4 is 5.32 Å². The molecule has 2 heterocycles. The molecule has 142 valence electrons. The van der Waals surface area contributed by atoms with E-state index >= 15 is 0 Å². The number of fused-ring (bicyclic) bond motifs is 1. The second-order valence-electron chi connectivity index (χ2n) is 7.86. The summed E-state index contributed by atoms with van der Waals surface area (Å²) in [6.07, 6.45) is 4.54.